The van der Waals surface area contributed by atoms with Crippen LogP contribution in [0.25, 0.3) is 0 Å². The van der Waals surface area contributed by atoms with Gasteiger partial charge in [0.1, 0.15) is 6.67 Å². The third-order valence-corrected chi connectivity index (χ3v) is 1.66. The summed E-state index contributed by atoms with van der Waals surface area (Å²) in [6.07, 6.45) is 1.39. The summed E-state index contributed by atoms with van der Waals surface area (Å²) in [6.45, 7) is -0.577. The van der Waals surface area contributed by atoms with E-state index in [-0.39, 0.29) is 13.2 Å². The van der Waals surface area contributed by atoms with Crippen LogP contribution in [0.4, 0.5) is 4.39 Å². The van der Waals surface area contributed by atoms with Gasteiger partial charge in [-0.2, -0.15) is 5.10 Å². The average molecular weight is 179 g/mol. The lowest BCUT2D eigenvalue weighted by atomic mass is 10.4. The zero-order valence-electron chi connectivity index (χ0n) is 5.80. The normalized spacial score (nSPS) is 10.5. The van der Waals surface area contributed by atoms with Crippen LogP contribution in [0.3, 0.4) is 0 Å². The highest BCUT2D eigenvalue weighted by Crippen LogP contribution is 2.14. The van der Waals surface area contributed by atoms with Crippen LogP contribution in [0, 0.1) is 0 Å². The highest BCUT2D eigenvalue weighted by Gasteiger charge is 2.06. The van der Waals surface area contributed by atoms with Gasteiger partial charge in [0.2, 0.25) is 0 Å². The number of aliphatic hydroxyl groups is 1. The monoisotopic (exact) mass is 178 g/mol. The van der Waals surface area contributed by atoms with E-state index in [1.807, 2.05) is 0 Å². The van der Waals surface area contributed by atoms with Crippen LogP contribution in [-0.4, -0.2) is 21.6 Å². The molecule has 0 amide bonds. The van der Waals surface area contributed by atoms with Crippen molar-refractivity contribution in [1.29, 1.82) is 0 Å². The molecule has 0 aliphatic rings. The van der Waals surface area contributed by atoms with Crippen LogP contribution >= 0.6 is 11.6 Å². The third kappa shape index (κ3) is 1.70. The summed E-state index contributed by atoms with van der Waals surface area (Å²) < 4.78 is 13.2. The lowest BCUT2D eigenvalue weighted by molar-refractivity contribution is 0.265. The Morgan fingerprint density at radius 1 is 1.73 bits per heavy atom. The fourth-order valence-electron chi connectivity index (χ4n) is 0.818. The lowest BCUT2D eigenvalue weighted by Crippen LogP contribution is -2.06. The summed E-state index contributed by atoms with van der Waals surface area (Å²) in [5.74, 6) is 0. The summed E-state index contributed by atoms with van der Waals surface area (Å²) in [7, 11) is 0. The minimum Gasteiger partial charge on any atom is -0.390 e. The first-order valence-corrected chi connectivity index (χ1v) is 3.54. The molecule has 0 saturated heterocycles. The van der Waals surface area contributed by atoms with Crippen LogP contribution in [0.1, 0.15) is 5.69 Å². The number of nitrogens with zero attached hydrogens (tertiary/aromatic N) is 2. The first-order chi connectivity index (χ1) is 5.29. The van der Waals surface area contributed by atoms with Crippen molar-refractivity contribution in [2.75, 3.05) is 6.67 Å². The van der Waals surface area contributed by atoms with Crippen molar-refractivity contribution >= 4 is 11.6 Å². The predicted octanol–water partition coefficient (Wildman–Crippen LogP) is 0.998. The quantitative estimate of drug-likeness (QED) is 0.750. The number of aryl methyl sites for hydroxylation is 1. The molecule has 1 aromatic heterocycles. The molecule has 0 bridgehead atoms. The van der Waals surface area contributed by atoms with E-state index in [9.17, 15) is 4.39 Å². The second-order valence-electron chi connectivity index (χ2n) is 2.01. The molecule has 0 aliphatic heterocycles. The molecule has 1 N–H and O–H groups in total. The molecular formula is C6H8ClFN2O. The number of hydrogen-bond acceptors (Lipinski definition) is 2. The molecule has 0 atom stereocenters. The molecule has 0 aromatic carbocycles. The van der Waals surface area contributed by atoms with Gasteiger partial charge in [0.25, 0.3) is 0 Å². The Morgan fingerprint density at radius 3 is 3.00 bits per heavy atom. The van der Waals surface area contributed by atoms with E-state index in [1.54, 1.807) is 0 Å². The summed E-state index contributed by atoms with van der Waals surface area (Å²) in [6, 6.07) is 0. The van der Waals surface area contributed by atoms with Gasteiger partial charge in [-0.25, -0.2) is 4.39 Å². The number of alkyl halides is 1. The number of aliphatic hydroxyl groups excluding tert-OH is 1. The zero-order chi connectivity index (χ0) is 8.27. The van der Waals surface area contributed by atoms with Gasteiger partial charge in [-0.3, -0.25) is 4.68 Å². The molecule has 0 radical (unpaired) electrons. The maximum Gasteiger partial charge on any atom is 0.109 e. The van der Waals surface area contributed by atoms with Gasteiger partial charge in [-0.15, -0.1) is 0 Å². The summed E-state index contributed by atoms with van der Waals surface area (Å²) in [5, 5.41) is 12.9. The maximum absolute atomic E-state index is 11.8. The van der Waals surface area contributed by atoms with Crippen molar-refractivity contribution in [2.24, 2.45) is 0 Å². The fraction of sp³-hybridized carbons (Fsp3) is 0.500. The summed E-state index contributed by atoms with van der Waals surface area (Å²) in [4.78, 5) is 0. The molecule has 0 saturated carbocycles. The second kappa shape index (κ2) is 3.69. The fourth-order valence-corrected chi connectivity index (χ4v) is 1.02. The number of hydrogen-bond donors (Lipinski definition) is 1. The van der Waals surface area contributed by atoms with Gasteiger partial charge in [0.05, 0.1) is 30.1 Å². The van der Waals surface area contributed by atoms with E-state index >= 15 is 0 Å². The molecule has 1 rings (SSSR count). The maximum atomic E-state index is 11.8. The van der Waals surface area contributed by atoms with Crippen molar-refractivity contribution in [3.8, 4) is 0 Å². The van der Waals surface area contributed by atoms with Gasteiger partial charge in [-0.05, 0) is 0 Å². The predicted molar refractivity (Wildman–Crippen MR) is 39.1 cm³/mol. The molecule has 0 unspecified atom stereocenters. The van der Waals surface area contributed by atoms with E-state index in [0.717, 1.165) is 0 Å². The number of halogens is 2. The summed E-state index contributed by atoms with van der Waals surface area (Å²) in [5.41, 5.74) is 0.462. The molecule has 1 aromatic rings. The summed E-state index contributed by atoms with van der Waals surface area (Å²) >= 11 is 5.62. The van der Waals surface area contributed by atoms with Crippen molar-refractivity contribution in [3.63, 3.8) is 0 Å². The van der Waals surface area contributed by atoms with Crippen LogP contribution in [0.2, 0.25) is 5.02 Å². The van der Waals surface area contributed by atoms with Crippen LogP contribution < -0.4 is 0 Å². The van der Waals surface area contributed by atoms with Crippen molar-refractivity contribution in [2.45, 2.75) is 13.2 Å². The zero-order valence-corrected chi connectivity index (χ0v) is 6.55. The Morgan fingerprint density at radius 2 is 2.45 bits per heavy atom. The largest absolute Gasteiger partial charge is 0.390 e. The Bertz CT molecular complexity index is 238. The minimum atomic E-state index is -0.509. The van der Waals surface area contributed by atoms with Crippen LogP contribution in [-0.2, 0) is 13.2 Å². The van der Waals surface area contributed by atoms with Crippen molar-refractivity contribution < 1.29 is 9.50 Å². The van der Waals surface area contributed by atoms with E-state index < -0.39 is 6.67 Å². The lowest BCUT2D eigenvalue weighted by Gasteiger charge is -2.00. The smallest absolute Gasteiger partial charge is 0.109 e. The Balaban J connectivity index is 2.86. The van der Waals surface area contributed by atoms with Gasteiger partial charge < -0.3 is 5.11 Å². The third-order valence-electron chi connectivity index (χ3n) is 1.34. The Labute approximate surface area is 68.4 Å². The number of rotatable bonds is 3. The molecule has 5 heteroatoms. The van der Waals surface area contributed by atoms with Gasteiger partial charge in [-0.1, -0.05) is 11.6 Å². The van der Waals surface area contributed by atoms with E-state index in [2.05, 4.69) is 5.10 Å². The first kappa shape index (κ1) is 8.49. The van der Waals surface area contributed by atoms with Crippen molar-refractivity contribution in [3.05, 3.63) is 16.9 Å². The van der Waals surface area contributed by atoms with Gasteiger partial charge in [0.15, 0.2) is 0 Å². The molecule has 0 aliphatic carbocycles. The Hall–Kier alpha value is -0.610. The molecular weight excluding hydrogens is 171 g/mol. The SMILES string of the molecule is OCc1c(Cl)cnn1CCF. The molecule has 0 spiro atoms. The molecule has 11 heavy (non-hydrogen) atoms. The van der Waals surface area contributed by atoms with Gasteiger partial charge >= 0.3 is 0 Å². The topological polar surface area (TPSA) is 38.1 Å². The molecule has 1 heterocycles. The number of aromatic nitrogens is 2. The molecule has 3 nitrogen and oxygen atoms in total. The second-order valence-corrected chi connectivity index (χ2v) is 2.42. The minimum absolute atomic E-state index is 0.141. The molecule has 0 fully saturated rings. The first-order valence-electron chi connectivity index (χ1n) is 3.16. The van der Waals surface area contributed by atoms with Crippen molar-refractivity contribution in [1.82, 2.24) is 9.78 Å². The van der Waals surface area contributed by atoms with E-state index in [0.29, 0.717) is 10.7 Å². The molecule has 62 valence electrons. The highest BCUT2D eigenvalue weighted by atomic mass is 35.5. The average Bonchev–Trinajstić information content (AvgIpc) is 2.33. The highest BCUT2D eigenvalue weighted by molar-refractivity contribution is 6.31. The van der Waals surface area contributed by atoms with Crippen LogP contribution in [0.15, 0.2) is 6.20 Å². The van der Waals surface area contributed by atoms with Crippen LogP contribution in [0.5, 0.6) is 0 Å². The van der Waals surface area contributed by atoms with E-state index in [4.69, 9.17) is 16.7 Å². The van der Waals surface area contributed by atoms with E-state index in [1.165, 1.54) is 10.9 Å². The Kier molecular flexibility index (Phi) is 2.84. The standard InChI is InChI=1S/C6H8ClFN2O/c7-5-3-9-10(2-1-8)6(5)4-11/h3,11H,1-2,4H2. The van der Waals surface area contributed by atoms with Gasteiger partial charge in [0, 0.05) is 0 Å².